The van der Waals surface area contributed by atoms with Crippen LogP contribution in [0, 0.1) is 45.6 Å². The Kier molecular flexibility index (Phi) is 3.19. The summed E-state index contributed by atoms with van der Waals surface area (Å²) in [5.74, 6) is -2.01. The zero-order chi connectivity index (χ0) is 17.0. The molecule has 4 aliphatic rings. The van der Waals surface area contributed by atoms with Crippen molar-refractivity contribution in [1.29, 1.82) is 0 Å². The summed E-state index contributed by atoms with van der Waals surface area (Å²) in [6.45, 7) is 0. The monoisotopic (exact) mass is 328 g/mol. The number of carboxylic acid groups (broad SMARTS) is 1. The Morgan fingerprint density at radius 3 is 2.46 bits per heavy atom. The summed E-state index contributed by atoms with van der Waals surface area (Å²) >= 11 is 0. The topological polar surface area (TPSA) is 110 Å². The lowest BCUT2D eigenvalue weighted by Gasteiger charge is -2.41. The normalized spacial score (nSPS) is 35.2. The second-order valence-corrected chi connectivity index (χ2v) is 6.79. The molecule has 1 amide bonds. The fraction of sp³-hybridized carbons (Fsp3) is 0.412. The van der Waals surface area contributed by atoms with Crippen molar-refractivity contribution in [1.82, 2.24) is 0 Å². The van der Waals surface area contributed by atoms with Crippen LogP contribution in [-0.2, 0) is 9.59 Å². The summed E-state index contributed by atoms with van der Waals surface area (Å²) in [5.41, 5.74) is 0.200. The van der Waals surface area contributed by atoms with E-state index < -0.39 is 22.7 Å². The Labute approximate surface area is 137 Å². The van der Waals surface area contributed by atoms with E-state index in [2.05, 4.69) is 5.32 Å². The number of fused-ring (bicyclic) bond motifs is 1. The summed E-state index contributed by atoms with van der Waals surface area (Å²) in [6, 6.07) is 5.68. The molecule has 2 bridgehead atoms. The van der Waals surface area contributed by atoms with Gasteiger partial charge in [-0.3, -0.25) is 19.7 Å². The van der Waals surface area contributed by atoms with Gasteiger partial charge in [-0.25, -0.2) is 0 Å². The van der Waals surface area contributed by atoms with Gasteiger partial charge in [0.2, 0.25) is 5.91 Å². The first-order chi connectivity index (χ1) is 11.5. The Balaban J connectivity index is 1.59. The molecule has 7 nitrogen and oxygen atoms in total. The summed E-state index contributed by atoms with van der Waals surface area (Å²) in [7, 11) is 0. The van der Waals surface area contributed by atoms with Crippen LogP contribution in [0.4, 0.5) is 11.4 Å². The Bertz CT molecular complexity index is 774. The van der Waals surface area contributed by atoms with E-state index in [9.17, 15) is 24.8 Å². The highest BCUT2D eigenvalue weighted by Gasteiger charge is 2.62. The van der Waals surface area contributed by atoms with Crippen LogP contribution in [-0.4, -0.2) is 21.9 Å². The van der Waals surface area contributed by atoms with E-state index in [1.807, 2.05) is 12.2 Å². The molecule has 0 aliphatic heterocycles. The Hall–Kier alpha value is -2.70. The molecule has 0 saturated heterocycles. The first-order valence-electron chi connectivity index (χ1n) is 7.94. The van der Waals surface area contributed by atoms with Crippen LogP contribution in [0.2, 0.25) is 0 Å². The summed E-state index contributed by atoms with van der Waals surface area (Å²) in [6.07, 6.45) is 4.91. The molecule has 2 fully saturated rings. The Morgan fingerprint density at radius 2 is 1.83 bits per heavy atom. The van der Waals surface area contributed by atoms with Gasteiger partial charge in [-0.05, 0) is 36.2 Å². The third kappa shape index (κ3) is 2.19. The smallest absolute Gasteiger partial charge is 0.307 e. The SMILES string of the molecule is O=C(O)[C@@H]1[C@H]2C=C[C@@H]([C@@H]3C[C@H]23)[C@H]1C(=O)Nc1cccc([N+](=O)[O-])c1. The van der Waals surface area contributed by atoms with E-state index in [1.54, 1.807) is 6.07 Å². The molecule has 7 heteroatoms. The van der Waals surface area contributed by atoms with Gasteiger partial charge in [0, 0.05) is 17.8 Å². The number of anilines is 1. The molecule has 2 N–H and O–H groups in total. The van der Waals surface area contributed by atoms with E-state index in [4.69, 9.17) is 0 Å². The lowest BCUT2D eigenvalue weighted by atomic mass is 9.62. The number of carboxylic acids is 1. The van der Waals surface area contributed by atoms with Crippen molar-refractivity contribution in [2.24, 2.45) is 35.5 Å². The quantitative estimate of drug-likeness (QED) is 0.501. The van der Waals surface area contributed by atoms with Gasteiger partial charge in [0.05, 0.1) is 16.8 Å². The van der Waals surface area contributed by atoms with E-state index in [0.717, 1.165) is 6.42 Å². The summed E-state index contributed by atoms with van der Waals surface area (Å²) < 4.78 is 0. The number of nitrogens with one attached hydrogen (secondary N) is 1. The predicted octanol–water partition coefficient (Wildman–Crippen LogP) is 2.30. The van der Waals surface area contributed by atoms with Gasteiger partial charge in [-0.2, -0.15) is 0 Å². The molecule has 0 spiro atoms. The zero-order valence-electron chi connectivity index (χ0n) is 12.7. The highest BCUT2D eigenvalue weighted by Crippen LogP contribution is 2.63. The van der Waals surface area contributed by atoms with Gasteiger partial charge in [0.1, 0.15) is 0 Å². The van der Waals surface area contributed by atoms with Gasteiger partial charge < -0.3 is 10.4 Å². The lowest BCUT2D eigenvalue weighted by Crippen LogP contribution is -2.48. The standard InChI is InChI=1S/C17H16N2O5/c20-16(18-8-2-1-3-9(6-8)19(23)24)14-10-4-5-11(13-7-12(10)13)15(14)17(21)22/h1-6,10-15H,7H2,(H,18,20)(H,21,22)/t10-,11-,12-,13+,14+,15+/m0/s1. The van der Waals surface area contributed by atoms with Crippen LogP contribution < -0.4 is 5.32 Å². The number of nitro benzene ring substituents is 1. The average molecular weight is 328 g/mol. The molecular weight excluding hydrogens is 312 g/mol. The van der Waals surface area contributed by atoms with E-state index in [1.165, 1.54) is 18.2 Å². The molecule has 1 aromatic rings. The maximum atomic E-state index is 12.7. The van der Waals surface area contributed by atoms with E-state index >= 15 is 0 Å². The molecule has 4 aliphatic carbocycles. The minimum Gasteiger partial charge on any atom is -0.481 e. The van der Waals surface area contributed by atoms with Crippen LogP contribution in [0.25, 0.3) is 0 Å². The van der Waals surface area contributed by atoms with Gasteiger partial charge in [0.15, 0.2) is 0 Å². The second-order valence-electron chi connectivity index (χ2n) is 6.79. The third-order valence-electron chi connectivity index (χ3n) is 5.56. The fourth-order valence-corrected chi connectivity index (χ4v) is 4.49. The summed E-state index contributed by atoms with van der Waals surface area (Å²) in [5, 5.41) is 23.1. The molecule has 0 aromatic heterocycles. The number of carbonyl (C=O) groups is 2. The number of non-ortho nitro benzene ring substituents is 1. The molecular formula is C17H16N2O5. The van der Waals surface area contributed by atoms with Crippen molar-refractivity contribution in [3.8, 4) is 0 Å². The molecule has 6 atom stereocenters. The molecule has 0 unspecified atom stereocenters. The van der Waals surface area contributed by atoms with Crippen LogP contribution in [0.1, 0.15) is 6.42 Å². The third-order valence-corrected chi connectivity index (χ3v) is 5.56. The van der Waals surface area contributed by atoms with Gasteiger partial charge in [0.25, 0.3) is 5.69 Å². The van der Waals surface area contributed by atoms with Crippen LogP contribution in [0.15, 0.2) is 36.4 Å². The van der Waals surface area contributed by atoms with Crippen molar-refractivity contribution in [2.45, 2.75) is 6.42 Å². The summed E-state index contributed by atoms with van der Waals surface area (Å²) in [4.78, 5) is 34.8. The number of benzene rings is 1. The molecule has 1 aromatic carbocycles. The molecule has 24 heavy (non-hydrogen) atoms. The van der Waals surface area contributed by atoms with Crippen molar-refractivity contribution in [2.75, 3.05) is 5.32 Å². The molecule has 0 radical (unpaired) electrons. The largest absolute Gasteiger partial charge is 0.481 e. The first-order valence-corrected chi connectivity index (χ1v) is 7.94. The maximum absolute atomic E-state index is 12.7. The number of carbonyl (C=O) groups excluding carboxylic acids is 1. The van der Waals surface area contributed by atoms with Crippen LogP contribution in [0.5, 0.6) is 0 Å². The number of rotatable bonds is 4. The second kappa shape index (κ2) is 5.15. The molecule has 5 rings (SSSR count). The maximum Gasteiger partial charge on any atom is 0.307 e. The minimum absolute atomic E-state index is 0.0557. The number of hydrogen-bond donors (Lipinski definition) is 2. The lowest BCUT2D eigenvalue weighted by molar-refractivity contribution is -0.384. The van der Waals surface area contributed by atoms with Crippen molar-refractivity contribution in [3.63, 3.8) is 0 Å². The highest BCUT2D eigenvalue weighted by atomic mass is 16.6. The number of nitro groups is 1. The first kappa shape index (κ1) is 14.9. The van der Waals surface area contributed by atoms with Crippen molar-refractivity contribution < 1.29 is 19.6 Å². The van der Waals surface area contributed by atoms with Gasteiger partial charge in [-0.15, -0.1) is 0 Å². The van der Waals surface area contributed by atoms with Gasteiger partial charge >= 0.3 is 5.97 Å². The minimum atomic E-state index is -0.945. The predicted molar refractivity (Wildman–Crippen MR) is 84.1 cm³/mol. The van der Waals surface area contributed by atoms with Crippen LogP contribution in [0.3, 0.4) is 0 Å². The molecule has 2 saturated carbocycles. The number of allylic oxidation sites excluding steroid dienone is 2. The number of hydrogen-bond acceptors (Lipinski definition) is 4. The fourth-order valence-electron chi connectivity index (χ4n) is 4.49. The van der Waals surface area contributed by atoms with E-state index in [-0.39, 0.29) is 23.4 Å². The molecule has 0 heterocycles. The molecule has 124 valence electrons. The number of aliphatic carboxylic acids is 1. The van der Waals surface area contributed by atoms with Crippen molar-refractivity contribution in [3.05, 3.63) is 46.5 Å². The highest BCUT2D eigenvalue weighted by molar-refractivity contribution is 5.96. The van der Waals surface area contributed by atoms with E-state index in [0.29, 0.717) is 17.5 Å². The number of amides is 1. The zero-order valence-corrected chi connectivity index (χ0v) is 12.7. The average Bonchev–Trinajstić information content (AvgIpc) is 3.36. The Morgan fingerprint density at radius 1 is 1.17 bits per heavy atom. The van der Waals surface area contributed by atoms with Crippen molar-refractivity contribution >= 4 is 23.3 Å². The van der Waals surface area contributed by atoms with Crippen LogP contribution >= 0.6 is 0 Å². The number of nitrogens with zero attached hydrogens (tertiary/aromatic N) is 1. The van der Waals surface area contributed by atoms with Gasteiger partial charge in [-0.1, -0.05) is 18.2 Å².